The average molecular weight is 315 g/mol. The minimum Gasteiger partial charge on any atom is -0.283 e. The number of halogens is 1. The monoisotopic (exact) mass is 314 g/mol. The van der Waals surface area contributed by atoms with Crippen molar-refractivity contribution in [3.8, 4) is 16.9 Å². The first kappa shape index (κ1) is 14.2. The highest BCUT2D eigenvalue weighted by atomic mass is 35.5. The molecule has 106 valence electrons. The van der Waals surface area contributed by atoms with Crippen molar-refractivity contribution in [3.63, 3.8) is 0 Å². The van der Waals surface area contributed by atoms with Crippen molar-refractivity contribution in [2.75, 3.05) is 6.26 Å². The molecule has 0 amide bonds. The quantitative estimate of drug-likeness (QED) is 0.617. The topological polar surface area (TPSA) is 17.8 Å². The number of hydrogen-bond acceptors (Lipinski definition) is 2. The lowest BCUT2D eigenvalue weighted by Gasteiger charge is -2.10. The zero-order chi connectivity index (χ0) is 14.8. The Labute approximate surface area is 133 Å². The number of nitrogens with zero attached hydrogens (tertiary/aromatic N) is 2. The van der Waals surface area contributed by atoms with Gasteiger partial charge in [-0.15, -0.1) is 11.8 Å². The second-order valence-corrected chi connectivity index (χ2v) is 6.03. The normalized spacial score (nSPS) is 10.8. The fourth-order valence-corrected chi connectivity index (χ4v) is 2.88. The van der Waals surface area contributed by atoms with E-state index in [-0.39, 0.29) is 0 Å². The van der Waals surface area contributed by atoms with E-state index in [1.54, 1.807) is 11.8 Å². The van der Waals surface area contributed by atoms with Gasteiger partial charge in [-0.05, 0) is 49.0 Å². The summed E-state index contributed by atoms with van der Waals surface area (Å²) in [5.41, 5.74) is 4.34. The number of imidazole rings is 1. The van der Waals surface area contributed by atoms with Crippen LogP contribution in [0.5, 0.6) is 0 Å². The highest BCUT2D eigenvalue weighted by Crippen LogP contribution is 2.28. The molecule has 0 spiro atoms. The maximum Gasteiger partial charge on any atom is 0.207 e. The SMILES string of the molecule is CSc1ccc(-c2cnc(Cl)n2-c2ccc(C)cc2)cc1. The van der Waals surface area contributed by atoms with Gasteiger partial charge in [-0.2, -0.15) is 0 Å². The zero-order valence-corrected chi connectivity index (χ0v) is 13.4. The molecule has 0 aliphatic rings. The highest BCUT2D eigenvalue weighted by molar-refractivity contribution is 7.98. The molecule has 0 bridgehead atoms. The number of aryl methyl sites for hydroxylation is 1. The third-order valence-corrected chi connectivity index (χ3v) is 4.41. The minimum atomic E-state index is 0.475. The summed E-state index contributed by atoms with van der Waals surface area (Å²) in [7, 11) is 0. The number of benzene rings is 2. The van der Waals surface area contributed by atoms with E-state index in [0.29, 0.717) is 5.28 Å². The molecule has 0 N–H and O–H groups in total. The Hall–Kier alpha value is -1.71. The first-order valence-corrected chi connectivity index (χ1v) is 8.24. The van der Waals surface area contributed by atoms with Crippen molar-refractivity contribution in [2.45, 2.75) is 11.8 Å². The zero-order valence-electron chi connectivity index (χ0n) is 11.9. The molecular formula is C17H15ClN2S. The average Bonchev–Trinajstić information content (AvgIpc) is 2.90. The molecule has 1 aromatic heterocycles. The lowest BCUT2D eigenvalue weighted by Crippen LogP contribution is -1.97. The van der Waals surface area contributed by atoms with Gasteiger partial charge in [-0.3, -0.25) is 4.57 Å². The van der Waals surface area contributed by atoms with E-state index in [0.717, 1.165) is 16.9 Å². The van der Waals surface area contributed by atoms with Crippen LogP contribution in [0.3, 0.4) is 0 Å². The van der Waals surface area contributed by atoms with E-state index in [1.165, 1.54) is 10.5 Å². The van der Waals surface area contributed by atoms with Crippen molar-refractivity contribution >= 4 is 23.4 Å². The summed E-state index contributed by atoms with van der Waals surface area (Å²) in [4.78, 5) is 5.50. The molecule has 0 radical (unpaired) electrons. The van der Waals surface area contributed by atoms with Gasteiger partial charge >= 0.3 is 0 Å². The standard InChI is InChI=1S/C17H15ClN2S/c1-12-3-7-14(8-4-12)20-16(11-19-17(20)18)13-5-9-15(21-2)10-6-13/h3-11H,1-2H3. The maximum absolute atomic E-state index is 6.28. The Morgan fingerprint density at radius 1 is 1.00 bits per heavy atom. The van der Waals surface area contributed by atoms with E-state index in [2.05, 4.69) is 66.7 Å². The molecular weight excluding hydrogens is 300 g/mol. The molecule has 21 heavy (non-hydrogen) atoms. The predicted molar refractivity (Wildman–Crippen MR) is 90.5 cm³/mol. The fourth-order valence-electron chi connectivity index (χ4n) is 2.23. The predicted octanol–water partition coefficient (Wildman–Crippen LogP) is 5.22. The third-order valence-electron chi connectivity index (χ3n) is 3.40. The number of rotatable bonds is 3. The molecule has 0 saturated carbocycles. The Bertz CT molecular complexity index is 745. The molecule has 0 fully saturated rings. The van der Waals surface area contributed by atoms with E-state index >= 15 is 0 Å². The molecule has 3 rings (SSSR count). The van der Waals surface area contributed by atoms with E-state index in [9.17, 15) is 0 Å². The first-order valence-electron chi connectivity index (χ1n) is 6.64. The van der Waals surface area contributed by atoms with Crippen LogP contribution in [0.1, 0.15) is 5.56 Å². The van der Waals surface area contributed by atoms with Crippen LogP contribution in [0.2, 0.25) is 5.28 Å². The first-order chi connectivity index (χ1) is 10.2. The van der Waals surface area contributed by atoms with Gasteiger partial charge in [0.25, 0.3) is 0 Å². The molecule has 0 aliphatic carbocycles. The lowest BCUT2D eigenvalue weighted by atomic mass is 10.1. The lowest BCUT2D eigenvalue weighted by molar-refractivity contribution is 1.06. The molecule has 2 aromatic carbocycles. The van der Waals surface area contributed by atoms with Gasteiger partial charge in [0.15, 0.2) is 0 Å². The van der Waals surface area contributed by atoms with Crippen molar-refractivity contribution in [1.29, 1.82) is 0 Å². The summed E-state index contributed by atoms with van der Waals surface area (Å²) < 4.78 is 1.97. The summed E-state index contributed by atoms with van der Waals surface area (Å²) in [5, 5.41) is 0.475. The molecule has 1 heterocycles. The number of thioether (sulfide) groups is 1. The summed E-state index contributed by atoms with van der Waals surface area (Å²) in [6.45, 7) is 2.07. The van der Waals surface area contributed by atoms with E-state index in [1.807, 2.05) is 10.8 Å². The van der Waals surface area contributed by atoms with Crippen molar-refractivity contribution < 1.29 is 0 Å². The van der Waals surface area contributed by atoms with Gasteiger partial charge in [0.2, 0.25) is 5.28 Å². The molecule has 2 nitrogen and oxygen atoms in total. The highest BCUT2D eigenvalue weighted by Gasteiger charge is 2.11. The summed E-state index contributed by atoms with van der Waals surface area (Å²) in [6.07, 6.45) is 3.89. The largest absolute Gasteiger partial charge is 0.283 e. The van der Waals surface area contributed by atoms with Gasteiger partial charge in [0.1, 0.15) is 0 Å². The molecule has 0 aliphatic heterocycles. The molecule has 4 heteroatoms. The van der Waals surface area contributed by atoms with Gasteiger partial charge in [0.05, 0.1) is 11.9 Å². The molecule has 0 saturated heterocycles. The van der Waals surface area contributed by atoms with Crippen LogP contribution >= 0.6 is 23.4 Å². The van der Waals surface area contributed by atoms with Gasteiger partial charge in [0, 0.05) is 16.1 Å². The smallest absolute Gasteiger partial charge is 0.207 e. The van der Waals surface area contributed by atoms with Gasteiger partial charge < -0.3 is 0 Å². The van der Waals surface area contributed by atoms with Crippen molar-refractivity contribution in [1.82, 2.24) is 9.55 Å². The molecule has 0 atom stereocenters. The fraction of sp³-hybridized carbons (Fsp3) is 0.118. The van der Waals surface area contributed by atoms with Crippen LogP contribution in [0.15, 0.2) is 59.6 Å². The summed E-state index contributed by atoms with van der Waals surface area (Å²) >= 11 is 8.01. The van der Waals surface area contributed by atoms with Gasteiger partial charge in [-0.25, -0.2) is 4.98 Å². The van der Waals surface area contributed by atoms with Crippen molar-refractivity contribution in [3.05, 3.63) is 65.6 Å². The van der Waals surface area contributed by atoms with E-state index < -0.39 is 0 Å². The second kappa shape index (κ2) is 5.96. The van der Waals surface area contributed by atoms with Crippen LogP contribution in [-0.4, -0.2) is 15.8 Å². The van der Waals surface area contributed by atoms with Crippen LogP contribution in [0.4, 0.5) is 0 Å². The molecule has 3 aromatic rings. The molecule has 0 unspecified atom stereocenters. The Morgan fingerprint density at radius 3 is 2.29 bits per heavy atom. The summed E-state index contributed by atoms with van der Waals surface area (Å²) in [5.74, 6) is 0. The third kappa shape index (κ3) is 2.85. The number of hydrogen-bond donors (Lipinski definition) is 0. The van der Waals surface area contributed by atoms with Crippen molar-refractivity contribution in [2.24, 2.45) is 0 Å². The van der Waals surface area contributed by atoms with Crippen LogP contribution in [0.25, 0.3) is 16.9 Å². The van der Waals surface area contributed by atoms with Crippen LogP contribution in [-0.2, 0) is 0 Å². The Balaban J connectivity index is 2.09. The minimum absolute atomic E-state index is 0.475. The van der Waals surface area contributed by atoms with Gasteiger partial charge in [-0.1, -0.05) is 29.8 Å². The van der Waals surface area contributed by atoms with E-state index in [4.69, 9.17) is 11.6 Å². The summed E-state index contributed by atoms with van der Waals surface area (Å²) in [6, 6.07) is 16.7. The Morgan fingerprint density at radius 2 is 1.67 bits per heavy atom. The van der Waals surface area contributed by atoms with Crippen LogP contribution < -0.4 is 0 Å². The maximum atomic E-state index is 6.28. The second-order valence-electron chi connectivity index (χ2n) is 4.81. The Kier molecular flexibility index (Phi) is 4.04. The number of aromatic nitrogens is 2. The van der Waals surface area contributed by atoms with Crippen LogP contribution in [0, 0.1) is 6.92 Å².